The van der Waals surface area contributed by atoms with Crippen molar-refractivity contribution in [2.75, 3.05) is 46.0 Å². The van der Waals surface area contributed by atoms with Gasteiger partial charge in [-0.2, -0.15) is 0 Å². The van der Waals surface area contributed by atoms with E-state index < -0.39 is 5.41 Å². The molecular formula is C18H26ClN3O3. The maximum atomic E-state index is 12.9. The van der Waals surface area contributed by atoms with Crippen LogP contribution in [0.4, 0.5) is 0 Å². The van der Waals surface area contributed by atoms with Crippen LogP contribution in [0.2, 0.25) is 0 Å². The van der Waals surface area contributed by atoms with Crippen LogP contribution in [0.15, 0.2) is 30.3 Å². The molecule has 2 aliphatic heterocycles. The first-order valence-corrected chi connectivity index (χ1v) is 8.50. The summed E-state index contributed by atoms with van der Waals surface area (Å²) in [4.78, 5) is 31.1. The first-order chi connectivity index (χ1) is 11.5. The van der Waals surface area contributed by atoms with Crippen molar-refractivity contribution in [3.05, 3.63) is 35.9 Å². The van der Waals surface area contributed by atoms with Crippen LogP contribution in [0.25, 0.3) is 0 Å². The molecule has 2 aliphatic rings. The van der Waals surface area contributed by atoms with Crippen LogP contribution >= 0.6 is 12.4 Å². The Morgan fingerprint density at radius 3 is 2.24 bits per heavy atom. The highest BCUT2D eigenvalue weighted by Gasteiger charge is 2.49. The zero-order chi connectivity index (χ0) is 17.2. The largest absolute Gasteiger partial charge is 0.395 e. The number of β-amino-alcohol motifs (C(OH)–C–C–N with tert-alkyl or cyclic N) is 1. The van der Waals surface area contributed by atoms with Crippen LogP contribution in [-0.4, -0.2) is 77.6 Å². The molecule has 6 nitrogen and oxygen atoms in total. The van der Waals surface area contributed by atoms with Crippen molar-refractivity contribution in [2.24, 2.45) is 0 Å². The molecule has 2 amide bonds. The monoisotopic (exact) mass is 367 g/mol. The molecule has 3 rings (SSSR count). The summed E-state index contributed by atoms with van der Waals surface area (Å²) in [5.74, 6) is -0.194. The van der Waals surface area contributed by atoms with Crippen LogP contribution in [0.5, 0.6) is 0 Å². The van der Waals surface area contributed by atoms with Gasteiger partial charge in [0.15, 0.2) is 0 Å². The van der Waals surface area contributed by atoms with Crippen molar-refractivity contribution in [2.45, 2.75) is 18.8 Å². The van der Waals surface area contributed by atoms with E-state index in [2.05, 4.69) is 9.80 Å². The molecule has 0 aromatic heterocycles. The number of piperazine rings is 1. The first-order valence-electron chi connectivity index (χ1n) is 8.50. The summed E-state index contributed by atoms with van der Waals surface area (Å²) in [6, 6.07) is 9.56. The number of rotatable bonds is 5. The zero-order valence-electron chi connectivity index (χ0n) is 14.6. The van der Waals surface area contributed by atoms with Gasteiger partial charge in [-0.25, -0.2) is 0 Å². The Kier molecular flexibility index (Phi) is 6.57. The highest BCUT2D eigenvalue weighted by atomic mass is 35.5. The molecule has 1 unspecified atom stereocenters. The van der Waals surface area contributed by atoms with Crippen molar-refractivity contribution in [3.63, 3.8) is 0 Å². The Hall–Kier alpha value is -1.47. The normalized spacial score (nSPS) is 25.3. The molecule has 2 fully saturated rings. The highest BCUT2D eigenvalue weighted by Crippen LogP contribution is 2.36. The number of likely N-dealkylation sites (tertiary alicyclic amines) is 1. The second-order valence-corrected chi connectivity index (χ2v) is 6.83. The lowest BCUT2D eigenvalue weighted by atomic mass is 9.81. The van der Waals surface area contributed by atoms with Gasteiger partial charge in [-0.15, -0.1) is 12.4 Å². The lowest BCUT2D eigenvalue weighted by Gasteiger charge is -2.36. The fraction of sp³-hybridized carbons (Fsp3) is 0.556. The summed E-state index contributed by atoms with van der Waals surface area (Å²) < 4.78 is 0. The molecular weight excluding hydrogens is 342 g/mol. The maximum Gasteiger partial charge on any atom is 0.241 e. The van der Waals surface area contributed by atoms with Crippen molar-refractivity contribution in [1.29, 1.82) is 0 Å². The van der Waals surface area contributed by atoms with E-state index in [4.69, 9.17) is 5.11 Å². The van der Waals surface area contributed by atoms with Crippen molar-refractivity contribution in [3.8, 4) is 0 Å². The van der Waals surface area contributed by atoms with E-state index in [9.17, 15) is 9.59 Å². The average molecular weight is 368 g/mol. The van der Waals surface area contributed by atoms with Gasteiger partial charge < -0.3 is 5.11 Å². The van der Waals surface area contributed by atoms with Crippen LogP contribution in [0.3, 0.4) is 0 Å². The molecule has 0 saturated carbocycles. The number of carbonyl (C=O) groups is 2. The van der Waals surface area contributed by atoms with Gasteiger partial charge in [0.2, 0.25) is 11.8 Å². The van der Waals surface area contributed by atoms with Gasteiger partial charge in [0.25, 0.3) is 0 Å². The fourth-order valence-electron chi connectivity index (χ4n) is 3.55. The number of hydrogen-bond donors (Lipinski definition) is 1. The Balaban J connectivity index is 0.00000225. The van der Waals surface area contributed by atoms with Gasteiger partial charge in [-0.3, -0.25) is 24.3 Å². The zero-order valence-corrected chi connectivity index (χ0v) is 15.4. The molecule has 2 saturated heterocycles. The van der Waals surface area contributed by atoms with Gasteiger partial charge in [-0.05, 0) is 12.5 Å². The topological polar surface area (TPSA) is 64.1 Å². The lowest BCUT2D eigenvalue weighted by Crippen LogP contribution is -2.52. The Bertz CT molecular complexity index is 605. The van der Waals surface area contributed by atoms with Gasteiger partial charge in [-0.1, -0.05) is 30.3 Å². The van der Waals surface area contributed by atoms with Gasteiger partial charge in [0, 0.05) is 39.1 Å². The Labute approximate surface area is 154 Å². The molecule has 1 aromatic carbocycles. The number of halogens is 1. The van der Waals surface area contributed by atoms with E-state index in [-0.39, 0.29) is 37.2 Å². The third-order valence-electron chi connectivity index (χ3n) is 5.16. The number of carbonyl (C=O) groups excluding carboxylic acids is 2. The molecule has 0 aliphatic carbocycles. The van der Waals surface area contributed by atoms with E-state index in [1.54, 1.807) is 0 Å². The number of benzene rings is 1. The summed E-state index contributed by atoms with van der Waals surface area (Å²) in [7, 11) is 0. The number of aliphatic hydroxyl groups excluding tert-OH is 1. The quantitative estimate of drug-likeness (QED) is 0.776. The predicted molar refractivity (Wildman–Crippen MR) is 97.5 cm³/mol. The van der Waals surface area contributed by atoms with Gasteiger partial charge in [0.05, 0.1) is 18.7 Å². The van der Waals surface area contributed by atoms with E-state index in [0.717, 1.165) is 31.7 Å². The summed E-state index contributed by atoms with van der Waals surface area (Å²) in [6.45, 7) is 6.40. The number of aliphatic hydroxyl groups is 1. The van der Waals surface area contributed by atoms with Crippen LogP contribution in [0, 0.1) is 0 Å². The highest BCUT2D eigenvalue weighted by molar-refractivity contribution is 6.08. The lowest BCUT2D eigenvalue weighted by molar-refractivity contribution is -0.142. The molecule has 0 radical (unpaired) electrons. The Morgan fingerprint density at radius 2 is 1.64 bits per heavy atom. The minimum atomic E-state index is -0.753. The molecule has 1 atom stereocenters. The van der Waals surface area contributed by atoms with Crippen molar-refractivity contribution >= 4 is 24.2 Å². The minimum absolute atomic E-state index is 0. The smallest absolute Gasteiger partial charge is 0.241 e. The maximum absolute atomic E-state index is 12.9. The van der Waals surface area contributed by atoms with Crippen molar-refractivity contribution < 1.29 is 14.7 Å². The molecule has 1 N–H and O–H groups in total. The molecule has 25 heavy (non-hydrogen) atoms. The van der Waals surface area contributed by atoms with E-state index in [1.807, 2.05) is 37.3 Å². The standard InChI is InChI=1S/C18H25N3O3.ClH/c1-18(15-5-3-2-4-6-15)13-16(23)21(17(18)24)14-20-9-7-19(8-10-20)11-12-22;/h2-6,22H,7-14H2,1H3;1H. The Morgan fingerprint density at radius 1 is 1.04 bits per heavy atom. The SMILES string of the molecule is CC1(c2ccccc2)CC(=O)N(CN2CCN(CCO)CC2)C1=O.Cl. The minimum Gasteiger partial charge on any atom is -0.395 e. The summed E-state index contributed by atoms with van der Waals surface area (Å²) >= 11 is 0. The van der Waals surface area contributed by atoms with E-state index in [0.29, 0.717) is 13.2 Å². The van der Waals surface area contributed by atoms with E-state index in [1.165, 1.54) is 4.90 Å². The second kappa shape index (κ2) is 8.27. The van der Waals surface area contributed by atoms with E-state index >= 15 is 0 Å². The molecule has 1 aromatic rings. The molecule has 138 valence electrons. The molecule has 0 bridgehead atoms. The number of nitrogens with zero attached hydrogens (tertiary/aromatic N) is 3. The third-order valence-corrected chi connectivity index (χ3v) is 5.16. The average Bonchev–Trinajstić information content (AvgIpc) is 2.82. The fourth-order valence-corrected chi connectivity index (χ4v) is 3.55. The van der Waals surface area contributed by atoms with Crippen LogP contribution in [-0.2, 0) is 15.0 Å². The number of hydrogen-bond acceptors (Lipinski definition) is 5. The van der Waals surface area contributed by atoms with Crippen LogP contribution in [0.1, 0.15) is 18.9 Å². The summed E-state index contributed by atoms with van der Waals surface area (Å²) in [5, 5.41) is 9.00. The number of amides is 2. The summed E-state index contributed by atoms with van der Waals surface area (Å²) in [5.41, 5.74) is 0.149. The third kappa shape index (κ3) is 4.03. The molecule has 0 spiro atoms. The van der Waals surface area contributed by atoms with Gasteiger partial charge in [0.1, 0.15) is 0 Å². The number of imide groups is 1. The second-order valence-electron chi connectivity index (χ2n) is 6.83. The molecule has 2 heterocycles. The predicted octanol–water partition coefficient (Wildman–Crippen LogP) is 0.692. The summed E-state index contributed by atoms with van der Waals surface area (Å²) in [6.07, 6.45) is 0.236. The van der Waals surface area contributed by atoms with Crippen LogP contribution < -0.4 is 0 Å². The van der Waals surface area contributed by atoms with Crippen molar-refractivity contribution in [1.82, 2.24) is 14.7 Å². The van der Waals surface area contributed by atoms with Gasteiger partial charge >= 0.3 is 0 Å². The first kappa shape index (κ1) is 19.8. The molecule has 7 heteroatoms.